The van der Waals surface area contributed by atoms with Crippen molar-refractivity contribution < 1.29 is 4.74 Å². The first-order valence-electron chi connectivity index (χ1n) is 10.2. The molecule has 2 heterocycles. The molecular formula is C22H28ClIN6O. The lowest BCUT2D eigenvalue weighted by atomic mass is 10.2. The Morgan fingerprint density at radius 1 is 1.32 bits per heavy atom. The number of methoxy groups -OCH3 is 1. The third-order valence-electron chi connectivity index (χ3n) is 5.33. The molecule has 3 aromatic rings. The van der Waals surface area contributed by atoms with Gasteiger partial charge < -0.3 is 25.3 Å². The fourth-order valence-electron chi connectivity index (χ4n) is 3.82. The predicted molar refractivity (Wildman–Crippen MR) is 138 cm³/mol. The van der Waals surface area contributed by atoms with Crippen molar-refractivity contribution in [3.05, 3.63) is 53.3 Å². The minimum atomic E-state index is 0. The highest BCUT2D eigenvalue weighted by atomic mass is 127. The van der Waals surface area contributed by atoms with Crippen molar-refractivity contribution in [1.29, 1.82) is 0 Å². The van der Waals surface area contributed by atoms with Crippen LogP contribution in [-0.2, 0) is 6.42 Å². The third-order valence-corrected chi connectivity index (χ3v) is 5.56. The molecule has 0 saturated carbocycles. The van der Waals surface area contributed by atoms with Crippen LogP contribution in [0.3, 0.4) is 0 Å². The molecule has 0 amide bonds. The molecule has 1 aliphatic heterocycles. The zero-order valence-electron chi connectivity index (χ0n) is 17.7. The summed E-state index contributed by atoms with van der Waals surface area (Å²) < 4.78 is 5.50. The molecular weight excluding hydrogens is 527 g/mol. The second-order valence-electron chi connectivity index (χ2n) is 7.34. The quantitative estimate of drug-likeness (QED) is 0.245. The van der Waals surface area contributed by atoms with E-state index in [0.717, 1.165) is 66.7 Å². The van der Waals surface area contributed by atoms with Crippen LogP contribution in [0.5, 0.6) is 5.75 Å². The van der Waals surface area contributed by atoms with Gasteiger partial charge in [0.15, 0.2) is 5.96 Å². The predicted octanol–water partition coefficient (Wildman–Crippen LogP) is 3.83. The molecule has 31 heavy (non-hydrogen) atoms. The SMILES string of the molecule is CN=C(NCCc1nc2ccccc2[nH]1)NC1CCN(c2cc(Cl)ccc2OC)C1.I. The number of nitrogens with zero attached hydrogens (tertiary/aromatic N) is 3. The summed E-state index contributed by atoms with van der Waals surface area (Å²) in [6.45, 7) is 2.55. The Morgan fingerprint density at radius 3 is 2.94 bits per heavy atom. The summed E-state index contributed by atoms with van der Waals surface area (Å²) in [5.41, 5.74) is 3.09. The molecule has 166 valence electrons. The summed E-state index contributed by atoms with van der Waals surface area (Å²) in [5.74, 6) is 2.61. The molecule has 1 aromatic heterocycles. The topological polar surface area (TPSA) is 77.6 Å². The molecule has 1 saturated heterocycles. The molecule has 0 radical (unpaired) electrons. The van der Waals surface area contributed by atoms with Crippen molar-refractivity contribution in [2.75, 3.05) is 38.7 Å². The molecule has 1 atom stereocenters. The van der Waals surface area contributed by atoms with Gasteiger partial charge in [0, 0.05) is 44.2 Å². The molecule has 1 unspecified atom stereocenters. The summed E-state index contributed by atoms with van der Waals surface area (Å²) in [6, 6.07) is 14.1. The van der Waals surface area contributed by atoms with Crippen LogP contribution >= 0.6 is 35.6 Å². The van der Waals surface area contributed by atoms with Crippen LogP contribution in [0, 0.1) is 0 Å². The Morgan fingerprint density at radius 2 is 2.16 bits per heavy atom. The molecule has 4 rings (SSSR count). The average Bonchev–Trinajstić information content (AvgIpc) is 3.39. The number of aliphatic imine (C=N–C) groups is 1. The Kier molecular flexibility index (Phi) is 8.25. The number of anilines is 1. The second-order valence-corrected chi connectivity index (χ2v) is 7.78. The van der Waals surface area contributed by atoms with Gasteiger partial charge in [-0.1, -0.05) is 23.7 Å². The Hall–Kier alpha value is -2.20. The highest BCUT2D eigenvalue weighted by Gasteiger charge is 2.25. The Labute approximate surface area is 204 Å². The number of nitrogens with one attached hydrogen (secondary N) is 3. The smallest absolute Gasteiger partial charge is 0.191 e. The van der Waals surface area contributed by atoms with Crippen LogP contribution in [0.15, 0.2) is 47.5 Å². The maximum absolute atomic E-state index is 6.19. The Bertz CT molecular complexity index is 1010. The molecule has 2 aromatic carbocycles. The van der Waals surface area contributed by atoms with Crippen LogP contribution in [0.1, 0.15) is 12.2 Å². The first kappa shape index (κ1) is 23.5. The Balaban J connectivity index is 0.00000272. The third kappa shape index (κ3) is 5.74. The van der Waals surface area contributed by atoms with E-state index in [9.17, 15) is 0 Å². The highest BCUT2D eigenvalue weighted by Crippen LogP contribution is 2.33. The first-order chi connectivity index (χ1) is 14.7. The van der Waals surface area contributed by atoms with Gasteiger partial charge in [-0.3, -0.25) is 4.99 Å². The molecule has 9 heteroatoms. The van der Waals surface area contributed by atoms with E-state index in [-0.39, 0.29) is 24.0 Å². The second kappa shape index (κ2) is 10.9. The van der Waals surface area contributed by atoms with Crippen molar-refractivity contribution in [2.24, 2.45) is 4.99 Å². The molecule has 0 bridgehead atoms. The number of ether oxygens (including phenoxy) is 1. The van der Waals surface area contributed by atoms with Crippen molar-refractivity contribution >= 4 is 58.3 Å². The summed E-state index contributed by atoms with van der Waals surface area (Å²) in [7, 11) is 3.48. The van der Waals surface area contributed by atoms with E-state index >= 15 is 0 Å². The molecule has 1 aliphatic rings. The summed E-state index contributed by atoms with van der Waals surface area (Å²) >= 11 is 6.19. The van der Waals surface area contributed by atoms with E-state index in [1.165, 1.54) is 0 Å². The van der Waals surface area contributed by atoms with Gasteiger partial charge in [0.25, 0.3) is 0 Å². The lowest BCUT2D eigenvalue weighted by Crippen LogP contribution is -2.45. The van der Waals surface area contributed by atoms with Crippen molar-refractivity contribution in [3.8, 4) is 5.75 Å². The van der Waals surface area contributed by atoms with Gasteiger partial charge in [-0.05, 0) is 36.8 Å². The van der Waals surface area contributed by atoms with Crippen LogP contribution in [0.4, 0.5) is 5.69 Å². The van der Waals surface area contributed by atoms with Crippen LogP contribution in [-0.4, -0.2) is 55.8 Å². The van der Waals surface area contributed by atoms with E-state index in [1.807, 2.05) is 42.5 Å². The molecule has 3 N–H and O–H groups in total. The van der Waals surface area contributed by atoms with Gasteiger partial charge in [0.05, 0.1) is 23.8 Å². The summed E-state index contributed by atoms with van der Waals surface area (Å²) in [4.78, 5) is 14.6. The van der Waals surface area contributed by atoms with Gasteiger partial charge >= 0.3 is 0 Å². The minimum absolute atomic E-state index is 0. The van der Waals surface area contributed by atoms with E-state index in [1.54, 1.807) is 14.2 Å². The molecule has 1 fully saturated rings. The molecule has 7 nitrogen and oxygen atoms in total. The van der Waals surface area contributed by atoms with Crippen molar-refractivity contribution in [1.82, 2.24) is 20.6 Å². The number of aromatic amines is 1. The highest BCUT2D eigenvalue weighted by molar-refractivity contribution is 14.0. The lowest BCUT2D eigenvalue weighted by Gasteiger charge is -2.22. The maximum atomic E-state index is 6.19. The number of benzene rings is 2. The summed E-state index contributed by atoms with van der Waals surface area (Å²) in [6.07, 6.45) is 1.81. The van der Waals surface area contributed by atoms with Gasteiger partial charge in [0.1, 0.15) is 11.6 Å². The lowest BCUT2D eigenvalue weighted by molar-refractivity contribution is 0.415. The number of rotatable bonds is 6. The number of halogens is 2. The monoisotopic (exact) mass is 554 g/mol. The van der Waals surface area contributed by atoms with Crippen LogP contribution < -0.4 is 20.3 Å². The van der Waals surface area contributed by atoms with Crippen LogP contribution in [0.25, 0.3) is 11.0 Å². The van der Waals surface area contributed by atoms with Gasteiger partial charge in [-0.25, -0.2) is 4.98 Å². The van der Waals surface area contributed by atoms with Crippen LogP contribution in [0.2, 0.25) is 5.02 Å². The van der Waals surface area contributed by atoms with Gasteiger partial charge in [-0.15, -0.1) is 24.0 Å². The number of hydrogen-bond donors (Lipinski definition) is 3. The van der Waals surface area contributed by atoms with E-state index < -0.39 is 0 Å². The van der Waals surface area contributed by atoms with Gasteiger partial charge in [0.2, 0.25) is 0 Å². The first-order valence-corrected chi connectivity index (χ1v) is 10.5. The standard InChI is InChI=1S/C22H27ClN6O.HI/c1-24-22(25-11-9-21-27-17-5-3-4-6-18(17)28-21)26-16-10-12-29(14-16)19-13-15(23)7-8-20(19)30-2;/h3-8,13,16H,9-12,14H2,1-2H3,(H,27,28)(H2,24,25,26);1H. The van der Waals surface area contributed by atoms with Gasteiger partial charge in [-0.2, -0.15) is 0 Å². The summed E-state index contributed by atoms with van der Waals surface area (Å²) in [5, 5.41) is 7.63. The number of fused-ring (bicyclic) bond motifs is 1. The average molecular weight is 555 g/mol. The number of aromatic nitrogens is 2. The number of para-hydroxylation sites is 2. The zero-order valence-corrected chi connectivity index (χ0v) is 20.8. The fourth-order valence-corrected chi connectivity index (χ4v) is 3.98. The normalized spacial score (nSPS) is 16.3. The van der Waals surface area contributed by atoms with E-state index in [4.69, 9.17) is 16.3 Å². The fraction of sp³-hybridized carbons (Fsp3) is 0.364. The maximum Gasteiger partial charge on any atom is 0.191 e. The number of hydrogen-bond acceptors (Lipinski definition) is 4. The molecule has 0 spiro atoms. The largest absolute Gasteiger partial charge is 0.495 e. The number of guanidine groups is 1. The minimum Gasteiger partial charge on any atom is -0.495 e. The van der Waals surface area contributed by atoms with E-state index in [2.05, 4.69) is 30.5 Å². The van der Waals surface area contributed by atoms with E-state index in [0.29, 0.717) is 11.1 Å². The molecule has 0 aliphatic carbocycles. The van der Waals surface area contributed by atoms with Crippen molar-refractivity contribution in [3.63, 3.8) is 0 Å². The van der Waals surface area contributed by atoms with Crippen molar-refractivity contribution in [2.45, 2.75) is 18.9 Å². The zero-order chi connectivity index (χ0) is 20.9. The number of imidazole rings is 1. The number of H-pyrrole nitrogens is 1.